The molecule has 2 aromatic heterocycles. The average Bonchev–Trinajstić information content (AvgIpc) is 2.64. The molecule has 2 aromatic rings. The highest BCUT2D eigenvalue weighted by Gasteiger charge is 2.09. The Morgan fingerprint density at radius 3 is 2.73 bits per heavy atom. The van der Waals surface area contributed by atoms with Crippen LogP contribution in [0, 0.1) is 6.92 Å². The van der Waals surface area contributed by atoms with Gasteiger partial charge < -0.3 is 14.7 Å². The van der Waals surface area contributed by atoms with Gasteiger partial charge in [0.15, 0.2) is 4.67 Å². The van der Waals surface area contributed by atoms with E-state index >= 15 is 0 Å². The molecule has 6 heteroatoms. The molecule has 15 heavy (non-hydrogen) atoms. The second-order valence-corrected chi connectivity index (χ2v) is 4.75. The molecule has 0 bridgehead atoms. The van der Waals surface area contributed by atoms with Crippen LogP contribution in [0.15, 0.2) is 25.8 Å². The number of nitrogens with zero attached hydrogens (tertiary/aromatic N) is 2. The van der Waals surface area contributed by atoms with Gasteiger partial charge in [-0.3, -0.25) is 0 Å². The summed E-state index contributed by atoms with van der Waals surface area (Å²) in [6, 6.07) is 1.91. The van der Waals surface area contributed by atoms with Gasteiger partial charge >= 0.3 is 0 Å². The summed E-state index contributed by atoms with van der Waals surface area (Å²) < 4.78 is 8.94. The van der Waals surface area contributed by atoms with E-state index in [0.29, 0.717) is 17.2 Å². The van der Waals surface area contributed by atoms with Crippen LogP contribution in [-0.2, 0) is 6.54 Å². The number of imidazole rings is 1. The number of furan rings is 1. The van der Waals surface area contributed by atoms with Crippen molar-refractivity contribution in [3.8, 4) is 0 Å². The number of rotatable bonds is 2. The van der Waals surface area contributed by atoms with Gasteiger partial charge in [-0.15, -0.1) is 0 Å². The van der Waals surface area contributed by atoms with Crippen LogP contribution in [-0.4, -0.2) is 9.55 Å². The largest absolute Gasteiger partial charge is 0.451 e. The van der Waals surface area contributed by atoms with Crippen LogP contribution >= 0.6 is 31.9 Å². The second kappa shape index (κ2) is 4.02. The van der Waals surface area contributed by atoms with Crippen LogP contribution in [0.3, 0.4) is 0 Å². The molecule has 0 saturated heterocycles. The van der Waals surface area contributed by atoms with Gasteiger partial charge in [-0.25, -0.2) is 4.98 Å². The number of aryl methyl sites for hydroxylation is 1. The third-order valence-corrected chi connectivity index (χ3v) is 3.81. The molecule has 0 aliphatic rings. The Morgan fingerprint density at radius 2 is 2.27 bits per heavy atom. The Hall–Kier alpha value is -0.750. The van der Waals surface area contributed by atoms with Crippen molar-refractivity contribution in [1.29, 1.82) is 0 Å². The lowest BCUT2D eigenvalue weighted by molar-refractivity contribution is 0.472. The maximum Gasteiger partial charge on any atom is 0.200 e. The monoisotopic (exact) mass is 333 g/mol. The zero-order valence-electron chi connectivity index (χ0n) is 8.00. The van der Waals surface area contributed by atoms with Crippen LogP contribution in [0.1, 0.15) is 11.5 Å². The van der Waals surface area contributed by atoms with Crippen LogP contribution in [0.2, 0.25) is 0 Å². The van der Waals surface area contributed by atoms with Gasteiger partial charge in [-0.05, 0) is 44.8 Å². The van der Waals surface area contributed by atoms with E-state index in [0.717, 1.165) is 15.9 Å². The molecule has 0 spiro atoms. The standard InChI is InChI=1S/C9H9Br2N3O/c1-5-3-13-9(12)14(5)4-6-2-7(10)8(11)15-6/h2-3H,4H2,1H3,(H2,12,13). The normalized spacial score (nSPS) is 10.9. The van der Waals surface area contributed by atoms with Gasteiger partial charge in [0.2, 0.25) is 5.95 Å². The lowest BCUT2D eigenvalue weighted by Crippen LogP contribution is -2.05. The molecule has 80 valence electrons. The first-order valence-electron chi connectivity index (χ1n) is 4.29. The first-order valence-corrected chi connectivity index (χ1v) is 5.88. The van der Waals surface area contributed by atoms with Gasteiger partial charge in [-0.2, -0.15) is 0 Å². The summed E-state index contributed by atoms with van der Waals surface area (Å²) in [4.78, 5) is 4.02. The van der Waals surface area contributed by atoms with Crippen molar-refractivity contribution in [2.24, 2.45) is 0 Å². The Balaban J connectivity index is 2.29. The number of hydrogen-bond donors (Lipinski definition) is 1. The summed E-state index contributed by atoms with van der Waals surface area (Å²) in [5.41, 5.74) is 6.73. The lowest BCUT2D eigenvalue weighted by atomic mass is 10.4. The quantitative estimate of drug-likeness (QED) is 0.918. The maximum absolute atomic E-state index is 5.72. The molecule has 0 aromatic carbocycles. The topological polar surface area (TPSA) is 57.0 Å². The molecule has 0 saturated carbocycles. The molecule has 0 aliphatic heterocycles. The Bertz CT molecular complexity index is 451. The third kappa shape index (κ3) is 2.10. The van der Waals surface area contributed by atoms with Gasteiger partial charge in [0.05, 0.1) is 17.2 Å². The number of halogens is 2. The van der Waals surface area contributed by atoms with E-state index in [4.69, 9.17) is 10.2 Å². The Kier molecular flexibility index (Phi) is 2.88. The number of nitrogens with two attached hydrogens (primary N) is 1. The van der Waals surface area contributed by atoms with Crippen molar-refractivity contribution in [3.05, 3.63) is 32.9 Å². The highest BCUT2D eigenvalue weighted by molar-refractivity contribution is 9.13. The van der Waals surface area contributed by atoms with Crippen molar-refractivity contribution < 1.29 is 4.42 Å². The molecule has 2 rings (SSSR count). The van der Waals surface area contributed by atoms with Gasteiger partial charge in [0, 0.05) is 5.69 Å². The number of hydrogen-bond acceptors (Lipinski definition) is 3. The van der Waals surface area contributed by atoms with Crippen LogP contribution in [0.4, 0.5) is 5.95 Å². The zero-order chi connectivity index (χ0) is 11.0. The van der Waals surface area contributed by atoms with E-state index in [1.807, 2.05) is 17.6 Å². The molecule has 4 nitrogen and oxygen atoms in total. The third-order valence-electron chi connectivity index (χ3n) is 2.10. The number of nitrogen functional groups attached to an aromatic ring is 1. The van der Waals surface area contributed by atoms with Crippen molar-refractivity contribution >= 4 is 37.8 Å². The molecule has 0 aliphatic carbocycles. The minimum absolute atomic E-state index is 0.496. The van der Waals surface area contributed by atoms with Gasteiger partial charge in [0.1, 0.15) is 5.76 Å². The fraction of sp³-hybridized carbons (Fsp3) is 0.222. The van der Waals surface area contributed by atoms with E-state index in [-0.39, 0.29) is 0 Å². The molecular formula is C9H9Br2N3O. The first kappa shape index (κ1) is 10.8. The van der Waals surface area contributed by atoms with Crippen molar-refractivity contribution in [3.63, 3.8) is 0 Å². The molecule has 0 unspecified atom stereocenters. The highest BCUT2D eigenvalue weighted by atomic mass is 79.9. The number of aromatic nitrogens is 2. The van der Waals surface area contributed by atoms with Crippen molar-refractivity contribution in [2.75, 3.05) is 5.73 Å². The van der Waals surface area contributed by atoms with Crippen molar-refractivity contribution in [1.82, 2.24) is 9.55 Å². The van der Waals surface area contributed by atoms with Crippen molar-refractivity contribution in [2.45, 2.75) is 13.5 Å². The predicted molar refractivity (Wildman–Crippen MR) is 64.6 cm³/mol. The fourth-order valence-electron chi connectivity index (χ4n) is 1.31. The molecule has 0 amide bonds. The van der Waals surface area contributed by atoms with E-state index in [1.165, 1.54) is 0 Å². The van der Waals surface area contributed by atoms with E-state index in [2.05, 4.69) is 36.8 Å². The average molecular weight is 335 g/mol. The molecule has 2 heterocycles. The van der Waals surface area contributed by atoms with Crippen LogP contribution in [0.5, 0.6) is 0 Å². The minimum Gasteiger partial charge on any atom is -0.451 e. The Morgan fingerprint density at radius 1 is 1.53 bits per heavy atom. The Labute approximate surface area is 104 Å². The predicted octanol–water partition coefficient (Wildman–Crippen LogP) is 2.94. The minimum atomic E-state index is 0.496. The summed E-state index contributed by atoms with van der Waals surface area (Å²) in [6.07, 6.45) is 1.74. The SMILES string of the molecule is Cc1cnc(N)n1Cc1cc(Br)c(Br)o1. The van der Waals surface area contributed by atoms with E-state index in [1.54, 1.807) is 6.20 Å². The summed E-state index contributed by atoms with van der Waals surface area (Å²) >= 11 is 6.65. The highest BCUT2D eigenvalue weighted by Crippen LogP contribution is 2.27. The van der Waals surface area contributed by atoms with Gasteiger partial charge in [-0.1, -0.05) is 0 Å². The summed E-state index contributed by atoms with van der Waals surface area (Å²) in [7, 11) is 0. The smallest absolute Gasteiger partial charge is 0.200 e. The van der Waals surface area contributed by atoms with Gasteiger partial charge in [0.25, 0.3) is 0 Å². The van der Waals surface area contributed by atoms with Crippen LogP contribution in [0.25, 0.3) is 0 Å². The van der Waals surface area contributed by atoms with E-state index in [9.17, 15) is 0 Å². The summed E-state index contributed by atoms with van der Waals surface area (Å²) in [6.45, 7) is 2.54. The van der Waals surface area contributed by atoms with Crippen LogP contribution < -0.4 is 5.73 Å². The number of anilines is 1. The summed E-state index contributed by atoms with van der Waals surface area (Å²) in [5.74, 6) is 1.32. The molecule has 0 fully saturated rings. The molecular weight excluding hydrogens is 326 g/mol. The molecule has 2 N–H and O–H groups in total. The maximum atomic E-state index is 5.72. The second-order valence-electron chi connectivity index (χ2n) is 3.18. The fourth-order valence-corrected chi connectivity index (χ4v) is 1.97. The van der Waals surface area contributed by atoms with E-state index < -0.39 is 0 Å². The summed E-state index contributed by atoms with van der Waals surface area (Å²) in [5, 5.41) is 0. The lowest BCUT2D eigenvalue weighted by Gasteiger charge is -2.03. The molecule has 0 atom stereocenters. The molecule has 0 radical (unpaired) electrons. The zero-order valence-corrected chi connectivity index (χ0v) is 11.2. The first-order chi connectivity index (χ1) is 7.08.